The van der Waals surface area contributed by atoms with Crippen molar-refractivity contribution in [3.8, 4) is 5.75 Å². The van der Waals surface area contributed by atoms with Gasteiger partial charge >= 0.3 is 5.97 Å². The highest BCUT2D eigenvalue weighted by Crippen LogP contribution is 2.26. The van der Waals surface area contributed by atoms with Gasteiger partial charge < -0.3 is 14.6 Å². The van der Waals surface area contributed by atoms with E-state index in [1.54, 1.807) is 12.1 Å². The molecule has 5 heteroatoms. The van der Waals surface area contributed by atoms with Gasteiger partial charge in [-0.3, -0.25) is 0 Å². The van der Waals surface area contributed by atoms with Crippen molar-refractivity contribution in [2.75, 3.05) is 19.8 Å². The molecule has 1 aromatic rings. The van der Waals surface area contributed by atoms with Crippen molar-refractivity contribution in [1.82, 2.24) is 0 Å². The van der Waals surface area contributed by atoms with Crippen LogP contribution in [0, 0.1) is 5.92 Å². The fraction of sp³-hybridized carbons (Fsp3) is 0.462. The topological polar surface area (TPSA) is 55.8 Å². The number of rotatable bonds is 7. The van der Waals surface area contributed by atoms with Crippen LogP contribution in [0.4, 0.5) is 0 Å². The van der Waals surface area contributed by atoms with E-state index in [-0.39, 0.29) is 16.3 Å². The molecule has 1 N–H and O–H groups in total. The molecule has 1 aromatic carbocycles. The third kappa shape index (κ3) is 4.55. The molecule has 0 radical (unpaired) electrons. The third-order valence-electron chi connectivity index (χ3n) is 2.13. The third-order valence-corrected chi connectivity index (χ3v) is 2.44. The lowest BCUT2D eigenvalue weighted by Gasteiger charge is -2.11. The molecule has 0 aromatic heterocycles. The zero-order valence-corrected chi connectivity index (χ0v) is 11.2. The molecule has 0 aliphatic rings. The SMILES string of the molecule is CC(C)COCCOc1cccc(Cl)c1C(=O)O. The van der Waals surface area contributed by atoms with Crippen LogP contribution in [0.1, 0.15) is 24.2 Å². The maximum atomic E-state index is 11.0. The smallest absolute Gasteiger partial charge is 0.341 e. The molecule has 0 saturated heterocycles. The molecule has 0 amide bonds. The van der Waals surface area contributed by atoms with E-state index >= 15 is 0 Å². The molecule has 0 bridgehead atoms. The predicted octanol–water partition coefficient (Wildman–Crippen LogP) is 3.09. The monoisotopic (exact) mass is 272 g/mol. The van der Waals surface area contributed by atoms with E-state index < -0.39 is 5.97 Å². The maximum absolute atomic E-state index is 11.0. The van der Waals surface area contributed by atoms with E-state index in [1.165, 1.54) is 6.07 Å². The Labute approximate surface area is 111 Å². The van der Waals surface area contributed by atoms with Gasteiger partial charge in [0, 0.05) is 6.61 Å². The van der Waals surface area contributed by atoms with Crippen LogP contribution in [0.5, 0.6) is 5.75 Å². The summed E-state index contributed by atoms with van der Waals surface area (Å²) >= 11 is 5.81. The summed E-state index contributed by atoms with van der Waals surface area (Å²) in [4.78, 5) is 11.0. The highest BCUT2D eigenvalue weighted by atomic mass is 35.5. The molecule has 1 rings (SSSR count). The van der Waals surface area contributed by atoms with E-state index in [4.69, 9.17) is 26.2 Å². The average Bonchev–Trinajstić information content (AvgIpc) is 2.27. The van der Waals surface area contributed by atoms with Gasteiger partial charge in [-0.2, -0.15) is 0 Å². The standard InChI is InChI=1S/C13H17ClO4/c1-9(2)8-17-6-7-18-11-5-3-4-10(14)12(11)13(15)16/h3-5,9H,6-8H2,1-2H3,(H,15,16). The first kappa shape index (κ1) is 14.8. The van der Waals surface area contributed by atoms with Gasteiger partial charge in [-0.25, -0.2) is 4.79 Å². The van der Waals surface area contributed by atoms with E-state index in [2.05, 4.69) is 13.8 Å². The van der Waals surface area contributed by atoms with Crippen LogP contribution in [0.15, 0.2) is 18.2 Å². The van der Waals surface area contributed by atoms with Crippen LogP contribution in [-0.4, -0.2) is 30.9 Å². The van der Waals surface area contributed by atoms with Gasteiger partial charge in [0.15, 0.2) is 0 Å². The predicted molar refractivity (Wildman–Crippen MR) is 69.6 cm³/mol. The van der Waals surface area contributed by atoms with Gasteiger partial charge in [0.2, 0.25) is 0 Å². The summed E-state index contributed by atoms with van der Waals surface area (Å²) in [6, 6.07) is 4.75. The number of hydrogen-bond acceptors (Lipinski definition) is 3. The number of benzene rings is 1. The second-order valence-electron chi connectivity index (χ2n) is 4.24. The fourth-order valence-electron chi connectivity index (χ4n) is 1.36. The van der Waals surface area contributed by atoms with Crippen LogP contribution in [-0.2, 0) is 4.74 Å². The molecular weight excluding hydrogens is 256 g/mol. The molecule has 0 heterocycles. The largest absolute Gasteiger partial charge is 0.490 e. The summed E-state index contributed by atoms with van der Waals surface area (Å²) < 4.78 is 10.7. The van der Waals surface area contributed by atoms with Crippen molar-refractivity contribution < 1.29 is 19.4 Å². The van der Waals surface area contributed by atoms with Gasteiger partial charge in [0.1, 0.15) is 17.9 Å². The second-order valence-corrected chi connectivity index (χ2v) is 4.64. The van der Waals surface area contributed by atoms with Crippen molar-refractivity contribution in [1.29, 1.82) is 0 Å². The fourth-order valence-corrected chi connectivity index (χ4v) is 1.61. The first-order valence-corrected chi connectivity index (χ1v) is 6.12. The molecule has 0 atom stereocenters. The Bertz CT molecular complexity index is 404. The van der Waals surface area contributed by atoms with E-state index in [1.807, 2.05) is 0 Å². The molecule has 100 valence electrons. The van der Waals surface area contributed by atoms with Crippen molar-refractivity contribution in [2.45, 2.75) is 13.8 Å². The Morgan fingerprint density at radius 3 is 2.72 bits per heavy atom. The molecular formula is C13H17ClO4. The highest BCUT2D eigenvalue weighted by molar-refractivity contribution is 6.33. The minimum absolute atomic E-state index is 0.0111. The summed E-state index contributed by atoms with van der Waals surface area (Å²) in [6.45, 7) is 5.49. The Kier molecular flexibility index (Phi) is 5.95. The molecule has 0 saturated carbocycles. The minimum Gasteiger partial charge on any atom is -0.490 e. The summed E-state index contributed by atoms with van der Waals surface area (Å²) in [6.07, 6.45) is 0. The van der Waals surface area contributed by atoms with Crippen molar-refractivity contribution >= 4 is 17.6 Å². The Hall–Kier alpha value is -1.26. The van der Waals surface area contributed by atoms with Crippen LogP contribution in [0.2, 0.25) is 5.02 Å². The number of carbonyl (C=O) groups is 1. The maximum Gasteiger partial charge on any atom is 0.341 e. The molecule has 0 aliphatic carbocycles. The van der Waals surface area contributed by atoms with Crippen molar-refractivity contribution in [3.63, 3.8) is 0 Å². The number of halogens is 1. The first-order chi connectivity index (χ1) is 8.52. The quantitative estimate of drug-likeness (QED) is 0.775. The Morgan fingerprint density at radius 1 is 1.39 bits per heavy atom. The number of carboxylic acids is 1. The first-order valence-electron chi connectivity index (χ1n) is 5.74. The van der Waals surface area contributed by atoms with Gasteiger partial charge in [0.05, 0.1) is 11.6 Å². The van der Waals surface area contributed by atoms with Crippen molar-refractivity contribution in [3.05, 3.63) is 28.8 Å². The normalized spacial score (nSPS) is 10.7. The second kappa shape index (κ2) is 7.24. The molecule has 4 nitrogen and oxygen atoms in total. The Morgan fingerprint density at radius 2 is 2.11 bits per heavy atom. The average molecular weight is 273 g/mol. The van der Waals surface area contributed by atoms with E-state index in [9.17, 15) is 4.79 Å². The molecule has 18 heavy (non-hydrogen) atoms. The van der Waals surface area contributed by atoms with Gasteiger partial charge in [-0.1, -0.05) is 31.5 Å². The summed E-state index contributed by atoms with van der Waals surface area (Å²) in [7, 11) is 0. The van der Waals surface area contributed by atoms with Crippen LogP contribution in [0.25, 0.3) is 0 Å². The summed E-state index contributed by atoms with van der Waals surface area (Å²) in [5, 5.41) is 9.20. The lowest BCUT2D eigenvalue weighted by Crippen LogP contribution is -2.12. The van der Waals surface area contributed by atoms with Crippen LogP contribution >= 0.6 is 11.6 Å². The lowest BCUT2D eigenvalue weighted by molar-refractivity contribution is 0.0678. The number of carboxylic acid groups (broad SMARTS) is 1. The Balaban J connectivity index is 2.52. The minimum atomic E-state index is -1.10. The lowest BCUT2D eigenvalue weighted by atomic mass is 10.2. The molecule has 0 fully saturated rings. The molecule has 0 unspecified atom stereocenters. The zero-order valence-electron chi connectivity index (χ0n) is 10.5. The molecule has 0 spiro atoms. The molecule has 0 aliphatic heterocycles. The van der Waals surface area contributed by atoms with Gasteiger partial charge in [-0.15, -0.1) is 0 Å². The zero-order chi connectivity index (χ0) is 13.5. The summed E-state index contributed by atoms with van der Waals surface area (Å²) in [5.74, 6) is -0.368. The van der Waals surface area contributed by atoms with Gasteiger partial charge in [0.25, 0.3) is 0 Å². The van der Waals surface area contributed by atoms with E-state index in [0.29, 0.717) is 25.7 Å². The van der Waals surface area contributed by atoms with E-state index in [0.717, 1.165) is 0 Å². The van der Waals surface area contributed by atoms with Crippen molar-refractivity contribution in [2.24, 2.45) is 5.92 Å². The van der Waals surface area contributed by atoms with Crippen LogP contribution in [0.3, 0.4) is 0 Å². The van der Waals surface area contributed by atoms with Gasteiger partial charge in [-0.05, 0) is 18.1 Å². The number of ether oxygens (including phenoxy) is 2. The van der Waals surface area contributed by atoms with Crippen LogP contribution < -0.4 is 4.74 Å². The summed E-state index contributed by atoms with van der Waals surface area (Å²) in [5.41, 5.74) is -0.0111. The number of aromatic carboxylic acids is 1. The highest BCUT2D eigenvalue weighted by Gasteiger charge is 2.15. The number of hydrogen-bond donors (Lipinski definition) is 1.